The van der Waals surface area contributed by atoms with Crippen molar-refractivity contribution in [3.8, 4) is 5.75 Å². The molecule has 2 rings (SSSR count). The first-order valence-electron chi connectivity index (χ1n) is 8.75. The summed E-state index contributed by atoms with van der Waals surface area (Å²) in [5.74, 6) is 0.810. The van der Waals surface area contributed by atoms with E-state index in [1.54, 1.807) is 7.11 Å². The Morgan fingerprint density at radius 1 is 1.12 bits per heavy atom. The average molecular weight is 355 g/mol. The molecule has 0 heterocycles. The van der Waals surface area contributed by atoms with Crippen molar-refractivity contribution < 1.29 is 9.53 Å². The van der Waals surface area contributed by atoms with E-state index >= 15 is 0 Å². The fourth-order valence-corrected chi connectivity index (χ4v) is 3.17. The van der Waals surface area contributed by atoms with Crippen LogP contribution >= 0.6 is 0 Å². The second-order valence-electron chi connectivity index (χ2n) is 6.86. The molecule has 1 atom stereocenters. The van der Waals surface area contributed by atoms with E-state index in [4.69, 9.17) is 4.74 Å². The molecule has 0 spiro atoms. The Bertz CT molecular complexity index is 749. The maximum atomic E-state index is 12.4. The third-order valence-electron chi connectivity index (χ3n) is 4.47. The van der Waals surface area contributed by atoms with Crippen molar-refractivity contribution in [2.45, 2.75) is 26.8 Å². The SMILES string of the molecule is COc1cccc(C(CNC(=O)Nc2c(C)cc(C)cc2C)N(C)C)c1. The Morgan fingerprint density at radius 3 is 2.35 bits per heavy atom. The number of hydrogen-bond donors (Lipinski definition) is 2. The van der Waals surface area contributed by atoms with Gasteiger partial charge in [0.2, 0.25) is 0 Å². The topological polar surface area (TPSA) is 53.6 Å². The maximum absolute atomic E-state index is 12.4. The highest BCUT2D eigenvalue weighted by Crippen LogP contribution is 2.23. The van der Waals surface area contributed by atoms with Crippen molar-refractivity contribution in [1.29, 1.82) is 0 Å². The van der Waals surface area contributed by atoms with E-state index in [9.17, 15) is 4.79 Å². The third-order valence-corrected chi connectivity index (χ3v) is 4.47. The molecule has 1 unspecified atom stereocenters. The number of nitrogens with zero attached hydrogens (tertiary/aromatic N) is 1. The number of benzene rings is 2. The van der Waals surface area contributed by atoms with Crippen molar-refractivity contribution in [2.24, 2.45) is 0 Å². The van der Waals surface area contributed by atoms with E-state index in [1.165, 1.54) is 5.56 Å². The molecule has 5 nitrogen and oxygen atoms in total. The van der Waals surface area contributed by atoms with Crippen LogP contribution in [0.2, 0.25) is 0 Å². The summed E-state index contributed by atoms with van der Waals surface area (Å²) in [5, 5.41) is 5.97. The number of ether oxygens (including phenoxy) is 1. The van der Waals surface area contributed by atoms with Gasteiger partial charge in [0, 0.05) is 12.2 Å². The first-order valence-corrected chi connectivity index (χ1v) is 8.75. The number of likely N-dealkylation sites (N-methyl/N-ethyl adjacent to an activating group) is 1. The number of aryl methyl sites for hydroxylation is 3. The highest BCUT2D eigenvalue weighted by molar-refractivity contribution is 5.91. The highest BCUT2D eigenvalue weighted by atomic mass is 16.5. The lowest BCUT2D eigenvalue weighted by atomic mass is 10.0. The minimum absolute atomic E-state index is 0.0519. The quantitative estimate of drug-likeness (QED) is 0.822. The first-order chi connectivity index (χ1) is 12.3. The zero-order valence-corrected chi connectivity index (χ0v) is 16.5. The zero-order valence-electron chi connectivity index (χ0n) is 16.5. The normalized spacial score (nSPS) is 12.0. The molecule has 0 saturated heterocycles. The van der Waals surface area contributed by atoms with Crippen LogP contribution in [0.1, 0.15) is 28.3 Å². The second-order valence-corrected chi connectivity index (χ2v) is 6.86. The van der Waals surface area contributed by atoms with E-state index in [1.807, 2.05) is 52.2 Å². The zero-order chi connectivity index (χ0) is 19.3. The van der Waals surface area contributed by atoms with Gasteiger partial charge in [0.25, 0.3) is 0 Å². The fraction of sp³-hybridized carbons (Fsp3) is 0.381. The molecule has 0 aliphatic carbocycles. The summed E-state index contributed by atoms with van der Waals surface area (Å²) in [6.07, 6.45) is 0. The monoisotopic (exact) mass is 355 g/mol. The van der Waals surface area contributed by atoms with Crippen LogP contribution in [0.5, 0.6) is 5.75 Å². The van der Waals surface area contributed by atoms with Gasteiger partial charge in [-0.05, 0) is 63.7 Å². The molecule has 2 aromatic carbocycles. The molecular formula is C21H29N3O2. The molecule has 2 N–H and O–H groups in total. The summed E-state index contributed by atoms with van der Waals surface area (Å²) in [6, 6.07) is 11.9. The molecular weight excluding hydrogens is 326 g/mol. The van der Waals surface area contributed by atoms with Crippen LogP contribution < -0.4 is 15.4 Å². The van der Waals surface area contributed by atoms with Gasteiger partial charge < -0.3 is 20.3 Å². The number of nitrogens with one attached hydrogen (secondary N) is 2. The van der Waals surface area contributed by atoms with Crippen LogP contribution in [0.15, 0.2) is 36.4 Å². The predicted molar refractivity (Wildman–Crippen MR) is 107 cm³/mol. The summed E-state index contributed by atoms with van der Waals surface area (Å²) >= 11 is 0. The van der Waals surface area contributed by atoms with Crippen molar-refractivity contribution in [1.82, 2.24) is 10.2 Å². The Balaban J connectivity index is 2.06. The number of carbonyl (C=O) groups is 1. The van der Waals surface area contributed by atoms with Gasteiger partial charge in [0.15, 0.2) is 0 Å². The number of anilines is 1. The standard InChI is InChI=1S/C21H29N3O2/c1-14-10-15(2)20(16(3)11-14)23-21(25)22-13-19(24(4)5)17-8-7-9-18(12-17)26-6/h7-12,19H,13H2,1-6H3,(H2,22,23,25). The van der Waals surface area contributed by atoms with Crippen LogP contribution in [-0.4, -0.2) is 38.7 Å². The number of rotatable bonds is 6. The van der Waals surface area contributed by atoms with Crippen LogP contribution in [0.4, 0.5) is 10.5 Å². The van der Waals surface area contributed by atoms with Gasteiger partial charge in [-0.15, -0.1) is 0 Å². The average Bonchev–Trinajstić information content (AvgIpc) is 2.58. The van der Waals surface area contributed by atoms with Crippen molar-refractivity contribution in [3.05, 3.63) is 58.7 Å². The van der Waals surface area contributed by atoms with Crippen molar-refractivity contribution in [3.63, 3.8) is 0 Å². The lowest BCUT2D eigenvalue weighted by molar-refractivity contribution is 0.243. The van der Waals surface area contributed by atoms with E-state index in [0.717, 1.165) is 28.1 Å². The van der Waals surface area contributed by atoms with Gasteiger partial charge in [0.1, 0.15) is 5.75 Å². The van der Waals surface area contributed by atoms with Gasteiger partial charge in [-0.2, -0.15) is 0 Å². The molecule has 0 bridgehead atoms. The van der Waals surface area contributed by atoms with Gasteiger partial charge in [-0.25, -0.2) is 4.79 Å². The molecule has 0 saturated carbocycles. The Kier molecular flexibility index (Phi) is 6.64. The predicted octanol–water partition coefficient (Wildman–Crippen LogP) is 4.04. The highest BCUT2D eigenvalue weighted by Gasteiger charge is 2.16. The molecule has 140 valence electrons. The van der Waals surface area contributed by atoms with E-state index in [-0.39, 0.29) is 12.1 Å². The molecule has 0 fully saturated rings. The van der Waals surface area contributed by atoms with Crippen LogP contribution in [0, 0.1) is 20.8 Å². The van der Waals surface area contributed by atoms with E-state index in [0.29, 0.717) is 6.54 Å². The number of carbonyl (C=O) groups excluding carboxylic acids is 1. The van der Waals surface area contributed by atoms with Gasteiger partial charge >= 0.3 is 6.03 Å². The third kappa shape index (κ3) is 4.99. The molecule has 5 heteroatoms. The Labute approximate surface area is 156 Å². The van der Waals surface area contributed by atoms with Crippen LogP contribution in [0.25, 0.3) is 0 Å². The minimum Gasteiger partial charge on any atom is -0.497 e. The largest absolute Gasteiger partial charge is 0.497 e. The molecule has 0 aromatic heterocycles. The lowest BCUT2D eigenvalue weighted by Gasteiger charge is -2.25. The number of amides is 2. The van der Waals surface area contributed by atoms with Crippen LogP contribution in [-0.2, 0) is 0 Å². The smallest absolute Gasteiger partial charge is 0.319 e. The summed E-state index contributed by atoms with van der Waals surface area (Å²) < 4.78 is 5.31. The summed E-state index contributed by atoms with van der Waals surface area (Å²) in [6.45, 7) is 6.57. The molecule has 0 aliphatic heterocycles. The summed E-state index contributed by atoms with van der Waals surface area (Å²) in [5.41, 5.74) is 5.29. The minimum atomic E-state index is -0.199. The lowest BCUT2D eigenvalue weighted by Crippen LogP contribution is -2.37. The first kappa shape index (κ1) is 19.8. The number of urea groups is 1. The van der Waals surface area contributed by atoms with E-state index < -0.39 is 0 Å². The van der Waals surface area contributed by atoms with Crippen molar-refractivity contribution in [2.75, 3.05) is 33.1 Å². The van der Waals surface area contributed by atoms with Gasteiger partial charge in [0.05, 0.1) is 13.2 Å². The molecule has 2 amide bonds. The summed E-state index contributed by atoms with van der Waals surface area (Å²) in [4.78, 5) is 14.5. The summed E-state index contributed by atoms with van der Waals surface area (Å²) in [7, 11) is 5.65. The van der Waals surface area contributed by atoms with E-state index in [2.05, 4.69) is 34.6 Å². The van der Waals surface area contributed by atoms with Gasteiger partial charge in [-0.3, -0.25) is 0 Å². The Morgan fingerprint density at radius 2 is 1.77 bits per heavy atom. The fourth-order valence-electron chi connectivity index (χ4n) is 3.17. The number of hydrogen-bond acceptors (Lipinski definition) is 3. The Hall–Kier alpha value is -2.53. The molecule has 0 aliphatic rings. The van der Waals surface area contributed by atoms with Crippen molar-refractivity contribution >= 4 is 11.7 Å². The molecule has 0 radical (unpaired) electrons. The number of methoxy groups -OCH3 is 1. The second kappa shape index (κ2) is 8.72. The van der Waals surface area contributed by atoms with Crippen LogP contribution in [0.3, 0.4) is 0 Å². The van der Waals surface area contributed by atoms with Gasteiger partial charge in [-0.1, -0.05) is 29.8 Å². The maximum Gasteiger partial charge on any atom is 0.319 e. The molecule has 2 aromatic rings. The molecule has 26 heavy (non-hydrogen) atoms.